The van der Waals surface area contributed by atoms with Crippen molar-refractivity contribution < 1.29 is 14.7 Å². The minimum absolute atomic E-state index is 0.0546. The summed E-state index contributed by atoms with van der Waals surface area (Å²) in [4.78, 5) is 29.2. The summed E-state index contributed by atoms with van der Waals surface area (Å²) < 4.78 is 1.99. The summed E-state index contributed by atoms with van der Waals surface area (Å²) in [6.07, 6.45) is 5.72. The van der Waals surface area contributed by atoms with Crippen LogP contribution in [0.15, 0.2) is 79.3 Å². The molecule has 172 valence electrons. The van der Waals surface area contributed by atoms with Gasteiger partial charge in [-0.25, -0.2) is 4.98 Å². The Hall–Kier alpha value is -4.13. The molecule has 0 saturated heterocycles. The van der Waals surface area contributed by atoms with Crippen molar-refractivity contribution in [3.05, 3.63) is 90.4 Å². The second kappa shape index (κ2) is 9.39. The van der Waals surface area contributed by atoms with E-state index in [2.05, 4.69) is 15.6 Å². The van der Waals surface area contributed by atoms with Crippen LogP contribution in [0.2, 0.25) is 0 Å². The number of anilines is 1. The van der Waals surface area contributed by atoms with Gasteiger partial charge in [-0.15, -0.1) is 0 Å². The molecule has 7 heteroatoms. The third-order valence-corrected chi connectivity index (χ3v) is 6.28. The van der Waals surface area contributed by atoms with Crippen molar-refractivity contribution in [2.45, 2.75) is 37.8 Å². The van der Waals surface area contributed by atoms with E-state index < -0.39 is 0 Å². The van der Waals surface area contributed by atoms with Crippen LogP contribution in [0.1, 0.15) is 30.0 Å². The molecule has 1 aliphatic rings. The number of hydrogen-bond acceptors (Lipinski definition) is 4. The SMILES string of the molecule is O=C(Cc1cccc2ccccc12)Nc1cn([C@H]2C[C@@H](NC(=O)Cc3cccc(O)c3)C2)cn1. The highest BCUT2D eigenvalue weighted by Crippen LogP contribution is 2.33. The van der Waals surface area contributed by atoms with Crippen LogP contribution in [0, 0.1) is 0 Å². The van der Waals surface area contributed by atoms with Crippen LogP contribution in [0.25, 0.3) is 10.8 Å². The van der Waals surface area contributed by atoms with E-state index in [9.17, 15) is 14.7 Å². The first-order valence-corrected chi connectivity index (χ1v) is 11.4. The Bertz CT molecular complexity index is 1340. The molecule has 0 unspecified atom stereocenters. The summed E-state index contributed by atoms with van der Waals surface area (Å²) >= 11 is 0. The molecule has 0 aliphatic heterocycles. The lowest BCUT2D eigenvalue weighted by Crippen LogP contribution is -2.45. The Morgan fingerprint density at radius 2 is 1.76 bits per heavy atom. The second-order valence-electron chi connectivity index (χ2n) is 8.81. The second-order valence-corrected chi connectivity index (χ2v) is 8.81. The molecule has 1 saturated carbocycles. The van der Waals surface area contributed by atoms with Crippen LogP contribution in [0.3, 0.4) is 0 Å². The van der Waals surface area contributed by atoms with Gasteiger partial charge < -0.3 is 20.3 Å². The maximum absolute atomic E-state index is 12.6. The molecular weight excluding hydrogens is 428 g/mol. The van der Waals surface area contributed by atoms with E-state index in [0.29, 0.717) is 5.82 Å². The third-order valence-electron chi connectivity index (χ3n) is 6.28. The molecule has 0 radical (unpaired) electrons. The first-order valence-electron chi connectivity index (χ1n) is 11.4. The van der Waals surface area contributed by atoms with E-state index in [1.165, 1.54) is 0 Å². The summed E-state index contributed by atoms with van der Waals surface area (Å²) in [6, 6.07) is 21.1. The minimum atomic E-state index is -0.104. The van der Waals surface area contributed by atoms with E-state index in [1.807, 2.05) is 59.3 Å². The highest BCUT2D eigenvalue weighted by molar-refractivity contribution is 5.95. The van der Waals surface area contributed by atoms with Gasteiger partial charge in [0.05, 0.1) is 19.2 Å². The summed E-state index contributed by atoms with van der Waals surface area (Å²) in [5, 5.41) is 17.7. The number of imidazole rings is 1. The lowest BCUT2D eigenvalue weighted by atomic mass is 9.86. The summed E-state index contributed by atoms with van der Waals surface area (Å²) in [7, 11) is 0. The Morgan fingerprint density at radius 1 is 0.971 bits per heavy atom. The Kier molecular flexibility index (Phi) is 5.99. The average Bonchev–Trinajstić information content (AvgIpc) is 3.24. The molecule has 1 aliphatic carbocycles. The zero-order valence-corrected chi connectivity index (χ0v) is 18.6. The monoisotopic (exact) mass is 454 g/mol. The van der Waals surface area contributed by atoms with Crippen molar-refractivity contribution in [3.63, 3.8) is 0 Å². The number of aromatic hydroxyl groups is 1. The molecule has 34 heavy (non-hydrogen) atoms. The number of phenolic OH excluding ortho intramolecular Hbond substituents is 1. The van der Waals surface area contributed by atoms with Gasteiger partial charge in [-0.2, -0.15) is 0 Å². The minimum Gasteiger partial charge on any atom is -0.508 e. The zero-order chi connectivity index (χ0) is 23.5. The zero-order valence-electron chi connectivity index (χ0n) is 18.6. The fourth-order valence-corrected chi connectivity index (χ4v) is 4.49. The van der Waals surface area contributed by atoms with Gasteiger partial charge in [0, 0.05) is 18.3 Å². The molecule has 7 nitrogen and oxygen atoms in total. The number of nitrogens with one attached hydrogen (secondary N) is 2. The van der Waals surface area contributed by atoms with E-state index in [0.717, 1.165) is 34.7 Å². The third kappa shape index (κ3) is 4.93. The molecule has 1 heterocycles. The number of carbonyl (C=O) groups excluding carboxylic acids is 2. The fourth-order valence-electron chi connectivity index (χ4n) is 4.49. The number of benzene rings is 3. The van der Waals surface area contributed by atoms with Crippen LogP contribution in [-0.2, 0) is 22.4 Å². The smallest absolute Gasteiger partial charge is 0.230 e. The molecule has 0 bridgehead atoms. The number of amides is 2. The van der Waals surface area contributed by atoms with Gasteiger partial charge >= 0.3 is 0 Å². The first kappa shape index (κ1) is 21.7. The highest BCUT2D eigenvalue weighted by Gasteiger charge is 2.31. The number of carbonyl (C=O) groups is 2. The van der Waals surface area contributed by atoms with E-state index in [4.69, 9.17) is 0 Å². The number of phenols is 1. The van der Waals surface area contributed by atoms with Gasteiger partial charge in [-0.3, -0.25) is 9.59 Å². The van der Waals surface area contributed by atoms with Crippen molar-refractivity contribution in [1.82, 2.24) is 14.9 Å². The molecule has 1 fully saturated rings. The molecule has 4 aromatic rings. The maximum atomic E-state index is 12.6. The number of aromatic nitrogens is 2. The average molecular weight is 455 g/mol. The van der Waals surface area contributed by atoms with Gasteiger partial charge in [-0.1, -0.05) is 54.6 Å². The highest BCUT2D eigenvalue weighted by atomic mass is 16.3. The van der Waals surface area contributed by atoms with E-state index in [-0.39, 0.29) is 42.5 Å². The largest absolute Gasteiger partial charge is 0.508 e. The summed E-state index contributed by atoms with van der Waals surface area (Å²) in [5.41, 5.74) is 1.77. The lowest BCUT2D eigenvalue weighted by Gasteiger charge is -2.36. The first-order chi connectivity index (χ1) is 16.5. The van der Waals surface area contributed by atoms with Crippen molar-refractivity contribution in [1.29, 1.82) is 0 Å². The molecule has 2 amide bonds. The molecule has 0 spiro atoms. The van der Waals surface area contributed by atoms with Gasteiger partial charge in [0.1, 0.15) is 5.75 Å². The molecule has 1 aromatic heterocycles. The molecule has 3 aromatic carbocycles. The maximum Gasteiger partial charge on any atom is 0.230 e. The van der Waals surface area contributed by atoms with Crippen LogP contribution in [0.4, 0.5) is 5.82 Å². The standard InChI is InChI=1S/C27H26N4O3/c32-23-9-3-5-18(11-23)12-26(33)29-21-14-22(15-21)31-16-25(28-17-31)30-27(34)13-20-8-4-7-19-6-1-2-10-24(19)20/h1-11,16-17,21-22,32H,12-15H2,(H,29,33)(H,30,34)/t21-,22+. The van der Waals surface area contributed by atoms with Gasteiger partial charge in [-0.05, 0) is 46.9 Å². The van der Waals surface area contributed by atoms with Gasteiger partial charge in [0.15, 0.2) is 5.82 Å². The van der Waals surface area contributed by atoms with Crippen LogP contribution in [-0.4, -0.2) is 32.5 Å². The summed E-state index contributed by atoms with van der Waals surface area (Å²) in [5.74, 6) is 0.532. The van der Waals surface area contributed by atoms with Crippen molar-refractivity contribution in [3.8, 4) is 5.75 Å². The van der Waals surface area contributed by atoms with Gasteiger partial charge in [0.2, 0.25) is 11.8 Å². The van der Waals surface area contributed by atoms with Crippen LogP contribution >= 0.6 is 0 Å². The Balaban J connectivity index is 1.11. The molecule has 0 atom stereocenters. The fraction of sp³-hybridized carbons (Fsp3) is 0.222. The number of fused-ring (bicyclic) bond motifs is 1. The van der Waals surface area contributed by atoms with E-state index >= 15 is 0 Å². The lowest BCUT2D eigenvalue weighted by molar-refractivity contribution is -0.122. The molecule has 5 rings (SSSR count). The van der Waals surface area contributed by atoms with Crippen molar-refractivity contribution in [2.75, 3.05) is 5.32 Å². The Morgan fingerprint density at radius 3 is 2.62 bits per heavy atom. The van der Waals surface area contributed by atoms with Crippen LogP contribution in [0.5, 0.6) is 5.75 Å². The van der Waals surface area contributed by atoms with Crippen LogP contribution < -0.4 is 10.6 Å². The predicted molar refractivity (Wildman–Crippen MR) is 131 cm³/mol. The van der Waals surface area contributed by atoms with Crippen molar-refractivity contribution >= 4 is 28.4 Å². The number of rotatable bonds is 7. The number of nitrogens with zero attached hydrogens (tertiary/aromatic N) is 2. The predicted octanol–water partition coefficient (Wildman–Crippen LogP) is 3.99. The quantitative estimate of drug-likeness (QED) is 0.394. The summed E-state index contributed by atoms with van der Waals surface area (Å²) in [6.45, 7) is 0. The van der Waals surface area contributed by atoms with Crippen molar-refractivity contribution in [2.24, 2.45) is 0 Å². The van der Waals surface area contributed by atoms with Gasteiger partial charge in [0.25, 0.3) is 0 Å². The molecular formula is C27H26N4O3. The number of hydrogen-bond donors (Lipinski definition) is 3. The molecule has 3 N–H and O–H groups in total. The van der Waals surface area contributed by atoms with E-state index in [1.54, 1.807) is 24.5 Å². The normalized spacial score (nSPS) is 17.2. The topological polar surface area (TPSA) is 96.2 Å². The Labute approximate surface area is 197 Å².